The van der Waals surface area contributed by atoms with Crippen molar-refractivity contribution in [3.05, 3.63) is 60.2 Å². The Kier molecular flexibility index (Phi) is 4.63. The van der Waals surface area contributed by atoms with Gasteiger partial charge in [-0.25, -0.2) is 4.39 Å². The number of ketones is 1. The largest absolute Gasteiger partial charge is 0.506 e. The van der Waals surface area contributed by atoms with Crippen LogP contribution >= 0.6 is 45.2 Å². The zero-order chi connectivity index (χ0) is 16.7. The number of halogens is 3. The molecule has 3 nitrogen and oxygen atoms in total. The van der Waals surface area contributed by atoms with Crippen LogP contribution in [-0.4, -0.2) is 10.9 Å². The number of rotatable bonds is 3. The van der Waals surface area contributed by atoms with E-state index in [1.165, 1.54) is 12.1 Å². The second-order valence-corrected chi connectivity index (χ2v) is 7.34. The van der Waals surface area contributed by atoms with Crippen molar-refractivity contribution in [2.75, 3.05) is 0 Å². The molecule has 0 saturated carbocycles. The number of phenolic OH excluding ortho intramolecular Hbond substituents is 1. The predicted molar refractivity (Wildman–Crippen MR) is 103 cm³/mol. The Morgan fingerprint density at radius 1 is 1.22 bits per heavy atom. The number of carbonyl (C=O) groups excluding carboxylic acids is 1. The number of hydrogen-bond donors (Lipinski definition) is 1. The molecule has 1 N–H and O–H groups in total. The van der Waals surface area contributed by atoms with E-state index in [1.807, 2.05) is 52.1 Å². The topological polar surface area (TPSA) is 50.4 Å². The van der Waals surface area contributed by atoms with Gasteiger partial charge in [0.2, 0.25) is 0 Å². The second kappa shape index (κ2) is 6.39. The average Bonchev–Trinajstić information content (AvgIpc) is 2.88. The van der Waals surface area contributed by atoms with Crippen molar-refractivity contribution < 1.29 is 18.7 Å². The van der Waals surface area contributed by atoms with Crippen molar-refractivity contribution in [3.63, 3.8) is 0 Å². The van der Waals surface area contributed by atoms with Gasteiger partial charge in [-0.2, -0.15) is 0 Å². The molecule has 0 fully saturated rings. The van der Waals surface area contributed by atoms with Crippen LogP contribution < -0.4 is 0 Å². The van der Waals surface area contributed by atoms with Crippen molar-refractivity contribution in [2.24, 2.45) is 0 Å². The minimum Gasteiger partial charge on any atom is -0.506 e. The molecule has 23 heavy (non-hydrogen) atoms. The highest BCUT2D eigenvalue weighted by Crippen LogP contribution is 2.32. The van der Waals surface area contributed by atoms with Crippen LogP contribution in [0.15, 0.2) is 34.7 Å². The first-order chi connectivity index (χ1) is 10.9. The number of furan rings is 1. The van der Waals surface area contributed by atoms with Gasteiger partial charge in [0.1, 0.15) is 22.9 Å². The molecule has 0 aliphatic rings. The van der Waals surface area contributed by atoms with Gasteiger partial charge >= 0.3 is 0 Å². The standard InChI is InChI=1S/C17H11FI2O3/c1-2-13-15(10-4-3-9(18)7-14(10)23-13)16(21)8-5-11(19)17(22)12(20)6-8/h3-7,22H,2H2,1H3. The highest BCUT2D eigenvalue weighted by molar-refractivity contribution is 14.1. The fourth-order valence-electron chi connectivity index (χ4n) is 2.46. The van der Waals surface area contributed by atoms with Gasteiger partial charge in [0, 0.05) is 23.4 Å². The maximum atomic E-state index is 13.4. The molecule has 3 rings (SSSR count). The molecule has 118 valence electrons. The molecule has 1 heterocycles. The van der Waals surface area contributed by atoms with E-state index >= 15 is 0 Å². The summed E-state index contributed by atoms with van der Waals surface area (Å²) in [5, 5.41) is 10.5. The first kappa shape index (κ1) is 16.7. The lowest BCUT2D eigenvalue weighted by Crippen LogP contribution is -2.04. The molecule has 0 amide bonds. The van der Waals surface area contributed by atoms with Gasteiger partial charge in [-0.15, -0.1) is 0 Å². The Bertz CT molecular complexity index is 908. The Hall–Kier alpha value is -1.16. The number of aromatic hydroxyl groups is 1. The number of aryl methyl sites for hydroxylation is 1. The molecule has 0 aliphatic carbocycles. The summed E-state index contributed by atoms with van der Waals surface area (Å²) in [6.45, 7) is 1.88. The molecule has 0 aliphatic heterocycles. The molecule has 0 spiro atoms. The van der Waals surface area contributed by atoms with Gasteiger partial charge in [-0.1, -0.05) is 6.92 Å². The maximum absolute atomic E-state index is 13.4. The van der Waals surface area contributed by atoms with Gasteiger partial charge < -0.3 is 9.52 Å². The van der Waals surface area contributed by atoms with Crippen LogP contribution in [0.5, 0.6) is 5.75 Å². The van der Waals surface area contributed by atoms with Crippen molar-refractivity contribution in [1.82, 2.24) is 0 Å². The lowest BCUT2D eigenvalue weighted by atomic mass is 9.99. The van der Waals surface area contributed by atoms with Crippen molar-refractivity contribution in [1.29, 1.82) is 0 Å². The Balaban J connectivity index is 2.21. The summed E-state index contributed by atoms with van der Waals surface area (Å²) in [6.07, 6.45) is 0.531. The Labute approximate surface area is 159 Å². The molecule has 0 bridgehead atoms. The molecular weight excluding hydrogens is 525 g/mol. The van der Waals surface area contributed by atoms with E-state index in [4.69, 9.17) is 4.42 Å². The van der Waals surface area contributed by atoms with Gasteiger partial charge in [0.15, 0.2) is 5.78 Å². The first-order valence-electron chi connectivity index (χ1n) is 6.86. The Morgan fingerprint density at radius 2 is 1.87 bits per heavy atom. The normalized spacial score (nSPS) is 11.1. The maximum Gasteiger partial charge on any atom is 0.197 e. The number of carbonyl (C=O) groups is 1. The minimum absolute atomic E-state index is 0.164. The van der Waals surface area contributed by atoms with Crippen molar-refractivity contribution >= 4 is 61.9 Å². The third kappa shape index (κ3) is 2.98. The fraction of sp³-hybridized carbons (Fsp3) is 0.118. The van der Waals surface area contributed by atoms with E-state index in [1.54, 1.807) is 18.2 Å². The van der Waals surface area contributed by atoms with Crippen LogP contribution in [0.1, 0.15) is 28.6 Å². The van der Waals surface area contributed by atoms with Gasteiger partial charge in [0.05, 0.1) is 12.7 Å². The van der Waals surface area contributed by atoms with Crippen LogP contribution in [0, 0.1) is 13.0 Å². The molecule has 1 aromatic heterocycles. The van der Waals surface area contributed by atoms with Gasteiger partial charge in [-0.3, -0.25) is 4.79 Å². The SMILES string of the molecule is CCc1oc2cc(F)ccc2c1C(=O)c1cc(I)c(O)c(I)c1. The third-order valence-electron chi connectivity index (χ3n) is 3.55. The van der Waals surface area contributed by atoms with Crippen LogP contribution in [0.3, 0.4) is 0 Å². The van der Waals surface area contributed by atoms with Crippen LogP contribution in [0.2, 0.25) is 0 Å². The van der Waals surface area contributed by atoms with Crippen LogP contribution in [0.4, 0.5) is 4.39 Å². The average molecular weight is 536 g/mol. The zero-order valence-corrected chi connectivity index (χ0v) is 16.3. The lowest BCUT2D eigenvalue weighted by Gasteiger charge is -2.06. The van der Waals surface area contributed by atoms with E-state index in [-0.39, 0.29) is 11.5 Å². The highest BCUT2D eigenvalue weighted by atomic mass is 127. The van der Waals surface area contributed by atoms with Gasteiger partial charge in [-0.05, 0) is 69.4 Å². The van der Waals surface area contributed by atoms with E-state index in [0.717, 1.165) is 0 Å². The molecule has 2 aromatic carbocycles. The number of hydrogen-bond acceptors (Lipinski definition) is 3. The number of fused-ring (bicyclic) bond motifs is 1. The predicted octanol–water partition coefficient (Wildman–Crippen LogP) is 5.28. The number of phenols is 1. The summed E-state index contributed by atoms with van der Waals surface area (Å²) in [5.41, 5.74) is 1.30. The smallest absolute Gasteiger partial charge is 0.197 e. The summed E-state index contributed by atoms with van der Waals surface area (Å²) in [5.74, 6) is 0.107. The summed E-state index contributed by atoms with van der Waals surface area (Å²) in [7, 11) is 0. The monoisotopic (exact) mass is 536 g/mol. The lowest BCUT2D eigenvalue weighted by molar-refractivity contribution is 0.103. The highest BCUT2D eigenvalue weighted by Gasteiger charge is 2.22. The van der Waals surface area contributed by atoms with Crippen molar-refractivity contribution in [2.45, 2.75) is 13.3 Å². The van der Waals surface area contributed by atoms with Crippen molar-refractivity contribution in [3.8, 4) is 5.75 Å². The summed E-state index contributed by atoms with van der Waals surface area (Å²) < 4.78 is 20.2. The summed E-state index contributed by atoms with van der Waals surface area (Å²) in [4.78, 5) is 13.0. The molecule has 0 radical (unpaired) electrons. The molecular formula is C17H11FI2O3. The summed E-state index contributed by atoms with van der Waals surface area (Å²) >= 11 is 3.97. The third-order valence-corrected chi connectivity index (χ3v) is 5.20. The van der Waals surface area contributed by atoms with E-state index in [0.29, 0.717) is 41.4 Å². The summed E-state index contributed by atoms with van der Waals surface area (Å²) in [6, 6.07) is 7.45. The van der Waals surface area contributed by atoms with Crippen LogP contribution in [0.25, 0.3) is 11.0 Å². The molecule has 0 unspecified atom stereocenters. The quantitative estimate of drug-likeness (QED) is 0.367. The van der Waals surface area contributed by atoms with Crippen LogP contribution in [-0.2, 0) is 6.42 Å². The van der Waals surface area contributed by atoms with E-state index in [2.05, 4.69) is 0 Å². The minimum atomic E-state index is -0.401. The van der Waals surface area contributed by atoms with E-state index < -0.39 is 5.82 Å². The fourth-order valence-corrected chi connectivity index (χ4v) is 4.23. The number of benzene rings is 2. The zero-order valence-electron chi connectivity index (χ0n) is 12.0. The first-order valence-corrected chi connectivity index (χ1v) is 9.01. The van der Waals surface area contributed by atoms with E-state index in [9.17, 15) is 14.3 Å². The second-order valence-electron chi connectivity index (χ2n) is 5.01. The molecule has 3 aromatic rings. The molecule has 0 saturated heterocycles. The molecule has 6 heteroatoms. The Morgan fingerprint density at radius 3 is 2.48 bits per heavy atom. The van der Waals surface area contributed by atoms with Gasteiger partial charge in [0.25, 0.3) is 0 Å². The molecule has 0 atom stereocenters.